The Kier molecular flexibility index (Phi) is 4.79. The first-order valence-electron chi connectivity index (χ1n) is 7.32. The third kappa shape index (κ3) is 4.19. The number of nitrogens with zero attached hydrogens (tertiary/aromatic N) is 1. The molecule has 2 aromatic rings. The summed E-state index contributed by atoms with van der Waals surface area (Å²) >= 11 is 0. The van der Waals surface area contributed by atoms with E-state index < -0.39 is 5.41 Å². The monoisotopic (exact) mass is 281 g/mol. The van der Waals surface area contributed by atoms with Gasteiger partial charge in [-0.05, 0) is 17.5 Å². The van der Waals surface area contributed by atoms with Crippen LogP contribution in [0.3, 0.4) is 0 Å². The summed E-state index contributed by atoms with van der Waals surface area (Å²) in [5.74, 6) is 0.176. The molecule has 0 bridgehead atoms. The molecule has 0 aliphatic heterocycles. The summed E-state index contributed by atoms with van der Waals surface area (Å²) < 4.78 is 0. The maximum atomic E-state index is 12.7. The Morgan fingerprint density at radius 1 is 0.905 bits per heavy atom. The second-order valence-corrected chi connectivity index (χ2v) is 6.19. The molecule has 0 aliphatic carbocycles. The van der Waals surface area contributed by atoms with Crippen LogP contribution in [0, 0.1) is 5.41 Å². The molecule has 21 heavy (non-hydrogen) atoms. The van der Waals surface area contributed by atoms with E-state index in [1.165, 1.54) is 5.56 Å². The lowest BCUT2D eigenvalue weighted by molar-refractivity contribution is -0.139. The van der Waals surface area contributed by atoms with Crippen molar-refractivity contribution in [1.82, 2.24) is 4.90 Å². The molecule has 2 aromatic carbocycles. The highest BCUT2D eigenvalue weighted by Crippen LogP contribution is 2.25. The molecule has 0 N–H and O–H groups in total. The molecule has 110 valence electrons. The molecule has 0 atom stereocenters. The first kappa shape index (κ1) is 15.3. The van der Waals surface area contributed by atoms with Gasteiger partial charge in [-0.3, -0.25) is 4.79 Å². The predicted octanol–water partition coefficient (Wildman–Crippen LogP) is 3.91. The zero-order valence-corrected chi connectivity index (χ0v) is 13.0. The Morgan fingerprint density at radius 2 is 1.38 bits per heavy atom. The summed E-state index contributed by atoms with van der Waals surface area (Å²) in [4.78, 5) is 14.5. The Hall–Kier alpha value is -2.09. The van der Waals surface area contributed by atoms with E-state index in [4.69, 9.17) is 0 Å². The maximum absolute atomic E-state index is 12.7. The number of hydrogen-bond donors (Lipinski definition) is 0. The number of carbonyl (C=O) groups is 1. The van der Waals surface area contributed by atoms with Crippen molar-refractivity contribution in [1.29, 1.82) is 0 Å². The second kappa shape index (κ2) is 6.57. The first-order chi connectivity index (χ1) is 9.99. The molecule has 0 fully saturated rings. The fraction of sp³-hybridized carbons (Fsp3) is 0.316. The van der Waals surface area contributed by atoms with E-state index in [-0.39, 0.29) is 5.91 Å². The van der Waals surface area contributed by atoms with E-state index in [2.05, 4.69) is 12.1 Å². The van der Waals surface area contributed by atoms with Crippen molar-refractivity contribution in [2.24, 2.45) is 5.41 Å². The second-order valence-electron chi connectivity index (χ2n) is 6.19. The molecule has 1 amide bonds. The highest BCUT2D eigenvalue weighted by molar-refractivity contribution is 5.82. The zero-order chi connectivity index (χ0) is 15.3. The Balaban J connectivity index is 2.03. The van der Waals surface area contributed by atoms with Gasteiger partial charge in [-0.25, -0.2) is 0 Å². The van der Waals surface area contributed by atoms with Crippen LogP contribution in [0.15, 0.2) is 60.7 Å². The van der Waals surface area contributed by atoms with Crippen LogP contribution in [-0.4, -0.2) is 17.9 Å². The minimum atomic E-state index is -0.398. The molecule has 0 unspecified atom stereocenters. The molecule has 0 heterocycles. The SMILES string of the molecule is CN(Cc1ccccc1)C(=O)C(C)(C)Cc1ccccc1. The highest BCUT2D eigenvalue weighted by Gasteiger charge is 2.30. The van der Waals surface area contributed by atoms with Crippen LogP contribution in [-0.2, 0) is 17.8 Å². The lowest BCUT2D eigenvalue weighted by Crippen LogP contribution is -2.39. The van der Waals surface area contributed by atoms with Crippen molar-refractivity contribution in [2.45, 2.75) is 26.8 Å². The summed E-state index contributed by atoms with van der Waals surface area (Å²) in [6.45, 7) is 4.69. The Morgan fingerprint density at radius 3 is 1.90 bits per heavy atom. The van der Waals surface area contributed by atoms with Crippen LogP contribution in [0.1, 0.15) is 25.0 Å². The normalized spacial score (nSPS) is 11.2. The minimum absolute atomic E-state index is 0.176. The van der Waals surface area contributed by atoms with Crippen LogP contribution in [0.2, 0.25) is 0 Å². The van der Waals surface area contributed by atoms with E-state index >= 15 is 0 Å². The van der Waals surface area contributed by atoms with Gasteiger partial charge in [0.25, 0.3) is 0 Å². The molecule has 2 rings (SSSR count). The molecule has 0 radical (unpaired) electrons. The van der Waals surface area contributed by atoms with Crippen LogP contribution in [0.4, 0.5) is 0 Å². The molecular weight excluding hydrogens is 258 g/mol. The third-order valence-corrected chi connectivity index (χ3v) is 3.68. The summed E-state index contributed by atoms with van der Waals surface area (Å²) in [6, 6.07) is 20.3. The van der Waals surface area contributed by atoms with Crippen molar-refractivity contribution >= 4 is 5.91 Å². The quantitative estimate of drug-likeness (QED) is 0.813. The van der Waals surface area contributed by atoms with Crippen molar-refractivity contribution in [3.05, 3.63) is 71.8 Å². The van der Waals surface area contributed by atoms with Crippen molar-refractivity contribution in [3.63, 3.8) is 0 Å². The smallest absolute Gasteiger partial charge is 0.228 e. The van der Waals surface area contributed by atoms with Crippen molar-refractivity contribution in [2.75, 3.05) is 7.05 Å². The van der Waals surface area contributed by atoms with E-state index in [1.54, 1.807) is 0 Å². The van der Waals surface area contributed by atoms with Crippen LogP contribution in [0.25, 0.3) is 0 Å². The molecule has 0 spiro atoms. The highest BCUT2D eigenvalue weighted by atomic mass is 16.2. The number of rotatable bonds is 5. The Bertz CT molecular complexity index is 575. The third-order valence-electron chi connectivity index (χ3n) is 3.68. The van der Waals surface area contributed by atoms with Crippen molar-refractivity contribution < 1.29 is 4.79 Å². The first-order valence-corrected chi connectivity index (χ1v) is 7.32. The van der Waals surface area contributed by atoms with E-state index in [0.717, 1.165) is 12.0 Å². The predicted molar refractivity (Wildman–Crippen MR) is 86.8 cm³/mol. The van der Waals surface area contributed by atoms with Gasteiger partial charge in [-0.15, -0.1) is 0 Å². The average Bonchev–Trinajstić information content (AvgIpc) is 2.48. The van der Waals surface area contributed by atoms with E-state index in [1.807, 2.05) is 74.3 Å². The molecular formula is C19H23NO. The number of hydrogen-bond acceptors (Lipinski definition) is 1. The number of benzene rings is 2. The Labute approximate surface area is 127 Å². The maximum Gasteiger partial charge on any atom is 0.228 e. The molecule has 0 saturated heterocycles. The number of amides is 1. The largest absolute Gasteiger partial charge is 0.341 e. The van der Waals surface area contributed by atoms with Gasteiger partial charge in [0.1, 0.15) is 0 Å². The van der Waals surface area contributed by atoms with Crippen LogP contribution >= 0.6 is 0 Å². The van der Waals surface area contributed by atoms with Gasteiger partial charge < -0.3 is 4.90 Å². The van der Waals surface area contributed by atoms with Gasteiger partial charge in [0.05, 0.1) is 0 Å². The summed E-state index contributed by atoms with van der Waals surface area (Å²) in [6.07, 6.45) is 0.756. The van der Waals surface area contributed by atoms with Crippen molar-refractivity contribution in [3.8, 4) is 0 Å². The number of carbonyl (C=O) groups excluding carboxylic acids is 1. The minimum Gasteiger partial charge on any atom is -0.341 e. The molecule has 0 saturated carbocycles. The zero-order valence-electron chi connectivity index (χ0n) is 13.0. The van der Waals surface area contributed by atoms with Gasteiger partial charge in [-0.2, -0.15) is 0 Å². The van der Waals surface area contributed by atoms with Gasteiger partial charge in [0.2, 0.25) is 5.91 Å². The van der Waals surface area contributed by atoms with Gasteiger partial charge in [-0.1, -0.05) is 74.5 Å². The average molecular weight is 281 g/mol. The van der Waals surface area contributed by atoms with Crippen LogP contribution < -0.4 is 0 Å². The fourth-order valence-electron chi connectivity index (χ4n) is 2.63. The topological polar surface area (TPSA) is 20.3 Å². The lowest BCUT2D eigenvalue weighted by atomic mass is 9.84. The molecule has 0 aliphatic rings. The van der Waals surface area contributed by atoms with Gasteiger partial charge in [0.15, 0.2) is 0 Å². The summed E-state index contributed by atoms with van der Waals surface area (Å²) in [5.41, 5.74) is 1.96. The van der Waals surface area contributed by atoms with Crippen LogP contribution in [0.5, 0.6) is 0 Å². The standard InChI is InChI=1S/C19H23NO/c1-19(2,14-16-10-6-4-7-11-16)18(21)20(3)15-17-12-8-5-9-13-17/h4-13H,14-15H2,1-3H3. The van der Waals surface area contributed by atoms with E-state index in [9.17, 15) is 4.79 Å². The molecule has 2 nitrogen and oxygen atoms in total. The van der Waals surface area contributed by atoms with E-state index in [0.29, 0.717) is 6.54 Å². The van der Waals surface area contributed by atoms with Gasteiger partial charge >= 0.3 is 0 Å². The lowest BCUT2D eigenvalue weighted by Gasteiger charge is -2.29. The summed E-state index contributed by atoms with van der Waals surface area (Å²) in [7, 11) is 1.88. The molecule has 2 heteroatoms. The molecule has 0 aromatic heterocycles. The summed E-state index contributed by atoms with van der Waals surface area (Å²) in [5, 5.41) is 0. The fourth-order valence-corrected chi connectivity index (χ4v) is 2.63. The van der Waals surface area contributed by atoms with Gasteiger partial charge in [0, 0.05) is 19.0 Å².